The van der Waals surface area contributed by atoms with Crippen LogP contribution in [-0.4, -0.2) is 43.8 Å². The van der Waals surface area contributed by atoms with Crippen molar-refractivity contribution in [1.82, 2.24) is 10.2 Å². The van der Waals surface area contributed by atoms with Crippen molar-refractivity contribution in [3.63, 3.8) is 0 Å². The summed E-state index contributed by atoms with van der Waals surface area (Å²) in [6, 6.07) is 27.5. The Morgan fingerprint density at radius 2 is 1.48 bits per heavy atom. The molecule has 1 N–H and O–H groups in total. The minimum Gasteiger partial charge on any atom is -0.352 e. The summed E-state index contributed by atoms with van der Waals surface area (Å²) in [5, 5.41) is 3.49. The number of hydrogen-bond donors (Lipinski definition) is 1. The number of rotatable bonds is 13. The second kappa shape index (κ2) is 15.4. The number of hydrogen-bond acceptors (Lipinski definition) is 4. The maximum atomic E-state index is 14.6. The van der Waals surface area contributed by atoms with E-state index in [0.717, 1.165) is 21.0 Å². The molecule has 0 fully saturated rings. The molecule has 0 heterocycles. The number of anilines is 1. The number of benzene rings is 4. The van der Waals surface area contributed by atoms with Crippen LogP contribution in [0.1, 0.15) is 48.1 Å². The van der Waals surface area contributed by atoms with Gasteiger partial charge in [-0.2, -0.15) is 0 Å². The van der Waals surface area contributed by atoms with Gasteiger partial charge in [-0.25, -0.2) is 8.42 Å². The van der Waals surface area contributed by atoms with Crippen LogP contribution in [0.15, 0.2) is 102 Å². The molecular weight excluding hydrogens is 618 g/mol. The summed E-state index contributed by atoms with van der Waals surface area (Å²) < 4.78 is 29.7. The van der Waals surface area contributed by atoms with E-state index in [9.17, 15) is 18.0 Å². The lowest BCUT2D eigenvalue weighted by molar-refractivity contribution is -0.140. The Hall–Kier alpha value is -4.14. The molecule has 0 saturated heterocycles. The Morgan fingerprint density at radius 3 is 2.11 bits per heavy atom. The molecule has 2 amide bonds. The summed E-state index contributed by atoms with van der Waals surface area (Å²) in [6.07, 6.45) is 0.936. The van der Waals surface area contributed by atoms with Gasteiger partial charge in [0.05, 0.1) is 10.6 Å². The standard InChI is InChI=1S/C37H42ClN3O4S/c1-6-29(5)39-37(43)35(23-30-12-8-7-9-13-30)40(24-31-14-10-11-15-33(31)38)36(42)25-41(34-21-18-27(3)22-28(34)4)46(44,45)32-19-16-26(2)17-20-32/h7-22,29,35H,6,23-25H2,1-5H3,(H,39,43)/t29-,35+/m0/s1. The number of amides is 2. The third-order valence-corrected chi connectivity index (χ3v) is 10.2. The van der Waals surface area contributed by atoms with Gasteiger partial charge in [-0.3, -0.25) is 13.9 Å². The van der Waals surface area contributed by atoms with Gasteiger partial charge in [-0.05, 0) is 75.1 Å². The van der Waals surface area contributed by atoms with Crippen molar-refractivity contribution in [1.29, 1.82) is 0 Å². The highest BCUT2D eigenvalue weighted by molar-refractivity contribution is 7.92. The third-order valence-electron chi connectivity index (χ3n) is 8.08. The van der Waals surface area contributed by atoms with Gasteiger partial charge >= 0.3 is 0 Å². The summed E-state index contributed by atoms with van der Waals surface area (Å²) in [7, 11) is -4.18. The molecule has 7 nitrogen and oxygen atoms in total. The molecule has 9 heteroatoms. The molecule has 0 unspecified atom stereocenters. The summed E-state index contributed by atoms with van der Waals surface area (Å²) in [6.45, 7) is 9.00. The summed E-state index contributed by atoms with van der Waals surface area (Å²) in [5.74, 6) is -0.853. The maximum Gasteiger partial charge on any atom is 0.264 e. The Balaban J connectivity index is 1.84. The van der Waals surface area contributed by atoms with Crippen LogP contribution in [-0.2, 0) is 32.6 Å². The van der Waals surface area contributed by atoms with Crippen LogP contribution in [0.25, 0.3) is 0 Å². The van der Waals surface area contributed by atoms with Gasteiger partial charge in [0.1, 0.15) is 12.6 Å². The second-order valence-electron chi connectivity index (χ2n) is 11.8. The zero-order chi connectivity index (χ0) is 33.4. The Bertz CT molecular complexity index is 1760. The van der Waals surface area contributed by atoms with E-state index in [0.29, 0.717) is 28.3 Å². The van der Waals surface area contributed by atoms with Crippen molar-refractivity contribution in [2.24, 2.45) is 0 Å². The fourth-order valence-corrected chi connectivity index (χ4v) is 6.92. The van der Waals surface area contributed by atoms with Gasteiger partial charge < -0.3 is 10.2 Å². The van der Waals surface area contributed by atoms with Gasteiger partial charge in [0.25, 0.3) is 10.0 Å². The first kappa shape index (κ1) is 34.7. The second-order valence-corrected chi connectivity index (χ2v) is 14.0. The Morgan fingerprint density at radius 1 is 0.848 bits per heavy atom. The number of sulfonamides is 1. The van der Waals surface area contributed by atoms with E-state index in [-0.39, 0.29) is 29.8 Å². The normalized spacial score (nSPS) is 12.7. The largest absolute Gasteiger partial charge is 0.352 e. The number of aryl methyl sites for hydroxylation is 3. The molecule has 0 bridgehead atoms. The van der Waals surface area contributed by atoms with Crippen molar-refractivity contribution in [2.75, 3.05) is 10.8 Å². The first-order valence-electron chi connectivity index (χ1n) is 15.4. The molecule has 0 aromatic heterocycles. The molecule has 0 aliphatic carbocycles. The van der Waals surface area contributed by atoms with E-state index in [1.54, 1.807) is 48.5 Å². The summed E-state index contributed by atoms with van der Waals surface area (Å²) in [5.41, 5.74) is 4.48. The molecule has 242 valence electrons. The zero-order valence-electron chi connectivity index (χ0n) is 27.0. The molecule has 2 atom stereocenters. The Labute approximate surface area is 278 Å². The van der Waals surface area contributed by atoms with Gasteiger partial charge in [-0.15, -0.1) is 0 Å². The quantitative estimate of drug-likeness (QED) is 0.167. The lowest BCUT2D eigenvalue weighted by Crippen LogP contribution is -2.54. The van der Waals surface area contributed by atoms with Gasteiger partial charge in [0.2, 0.25) is 11.8 Å². The molecule has 4 aromatic carbocycles. The SMILES string of the molecule is CC[C@H](C)NC(=O)[C@@H](Cc1ccccc1)N(Cc1ccccc1Cl)C(=O)CN(c1ccc(C)cc1C)S(=O)(=O)c1ccc(C)cc1. The first-order chi connectivity index (χ1) is 21.9. The smallest absolute Gasteiger partial charge is 0.264 e. The average Bonchev–Trinajstić information content (AvgIpc) is 3.03. The third kappa shape index (κ3) is 8.56. The lowest BCUT2D eigenvalue weighted by Gasteiger charge is -2.34. The summed E-state index contributed by atoms with van der Waals surface area (Å²) in [4.78, 5) is 30.1. The highest BCUT2D eigenvalue weighted by atomic mass is 35.5. The average molecular weight is 660 g/mol. The van der Waals surface area contributed by atoms with Crippen LogP contribution >= 0.6 is 11.6 Å². The van der Waals surface area contributed by atoms with Gasteiger partial charge in [0.15, 0.2) is 0 Å². The predicted octanol–water partition coefficient (Wildman–Crippen LogP) is 7.02. The van der Waals surface area contributed by atoms with Crippen LogP contribution in [0.3, 0.4) is 0 Å². The molecule has 46 heavy (non-hydrogen) atoms. The van der Waals surface area contributed by atoms with Crippen molar-refractivity contribution >= 4 is 39.1 Å². The van der Waals surface area contributed by atoms with Crippen LogP contribution in [0.2, 0.25) is 5.02 Å². The molecule has 4 aromatic rings. The zero-order valence-corrected chi connectivity index (χ0v) is 28.6. The monoisotopic (exact) mass is 659 g/mol. The van der Waals surface area contributed by atoms with E-state index in [2.05, 4.69) is 5.32 Å². The molecule has 0 saturated carbocycles. The first-order valence-corrected chi connectivity index (χ1v) is 17.3. The molecule has 0 aliphatic rings. The number of halogens is 1. The Kier molecular flexibility index (Phi) is 11.7. The fraction of sp³-hybridized carbons (Fsp3) is 0.297. The van der Waals surface area contributed by atoms with Crippen LogP contribution < -0.4 is 9.62 Å². The number of carbonyl (C=O) groups excluding carboxylic acids is 2. The molecule has 0 aliphatic heterocycles. The van der Waals surface area contributed by atoms with E-state index >= 15 is 0 Å². The van der Waals surface area contributed by atoms with Crippen molar-refractivity contribution in [2.45, 2.75) is 71.0 Å². The van der Waals surface area contributed by atoms with Gasteiger partial charge in [-0.1, -0.05) is 102 Å². The topological polar surface area (TPSA) is 86.8 Å². The fourth-order valence-electron chi connectivity index (χ4n) is 5.24. The van der Waals surface area contributed by atoms with Crippen LogP contribution in [0, 0.1) is 20.8 Å². The van der Waals surface area contributed by atoms with Crippen LogP contribution in [0.5, 0.6) is 0 Å². The molecule has 0 radical (unpaired) electrons. The van der Waals surface area contributed by atoms with Gasteiger partial charge in [0, 0.05) is 24.0 Å². The molecular formula is C37H42ClN3O4S. The van der Waals surface area contributed by atoms with Crippen molar-refractivity contribution in [3.8, 4) is 0 Å². The minimum absolute atomic E-state index is 0.00916. The maximum absolute atomic E-state index is 14.6. The van der Waals surface area contributed by atoms with E-state index in [1.807, 2.05) is 83.1 Å². The van der Waals surface area contributed by atoms with E-state index in [1.165, 1.54) is 4.90 Å². The summed E-state index contributed by atoms with van der Waals surface area (Å²) >= 11 is 6.58. The van der Waals surface area contributed by atoms with E-state index < -0.39 is 28.5 Å². The van der Waals surface area contributed by atoms with E-state index in [4.69, 9.17) is 11.6 Å². The van der Waals surface area contributed by atoms with Crippen molar-refractivity contribution < 1.29 is 18.0 Å². The highest BCUT2D eigenvalue weighted by Gasteiger charge is 2.35. The van der Waals surface area contributed by atoms with Crippen LogP contribution in [0.4, 0.5) is 5.69 Å². The number of nitrogens with zero attached hydrogens (tertiary/aromatic N) is 2. The molecule has 0 spiro atoms. The van der Waals surface area contributed by atoms with Crippen molar-refractivity contribution in [3.05, 3.63) is 130 Å². The highest BCUT2D eigenvalue weighted by Crippen LogP contribution is 2.29. The minimum atomic E-state index is -4.18. The lowest BCUT2D eigenvalue weighted by atomic mass is 10.0. The number of nitrogens with one attached hydrogen (secondary N) is 1. The number of carbonyl (C=O) groups is 2. The molecule has 4 rings (SSSR count). The predicted molar refractivity (Wildman–Crippen MR) is 185 cm³/mol.